The molecule has 0 unspecified atom stereocenters. The zero-order valence-electron chi connectivity index (χ0n) is 90.2. The van der Waals surface area contributed by atoms with Crippen LogP contribution < -0.4 is 5.32 Å². The number of thiazole rings is 2. The van der Waals surface area contributed by atoms with Gasteiger partial charge in [0.25, 0.3) is 0 Å². The number of carbonyl (C=O) groups excluding carboxylic acids is 9. The SMILES string of the molecule is C.C=C1Cc2cnc(C(C)(C)C)cc2C1.CC(C)(C)C(=O)Cc1ccccc1.CC(C)(C)C(=O)Cc1cccnc1.CC(C)(C)C(=O)Cc1cccnn1.CC(C)(C)C(=O)Cc1ccncn1.CC(C)(C)C(=O)Cc1cnccn1.CC(C)(C)C(=O)Cc1cscn1.CC(C)(C)C(=O)Cc1ncccn1.CC(C)(C)C(=O)Cc1ncco1.CC(C)(C)C(=O)Cc1nccs1.CNCc1cnn(C(C)(C)C)c1. The summed E-state index contributed by atoms with van der Waals surface area (Å²) in [4.78, 5) is 148. The number of fused-ring (bicyclic) bond motifs is 1. The summed E-state index contributed by atoms with van der Waals surface area (Å²) in [5.74, 6) is 3.01. The van der Waals surface area contributed by atoms with Crippen molar-refractivity contribution in [3.8, 4) is 0 Å². The molecule has 0 saturated carbocycles. The van der Waals surface area contributed by atoms with Crippen molar-refractivity contribution in [1.82, 2.24) is 80.1 Å². The lowest BCUT2D eigenvalue weighted by molar-refractivity contribution is -0.126. The monoisotopic (exact) mass is 1970 g/mol. The van der Waals surface area contributed by atoms with Crippen molar-refractivity contribution in [2.75, 3.05) is 7.05 Å². The second kappa shape index (κ2) is 59.2. The largest absolute Gasteiger partial charge is 0.449 e. The second-order valence-electron chi connectivity index (χ2n) is 45.3. The minimum Gasteiger partial charge on any atom is -0.449 e. The zero-order valence-corrected chi connectivity index (χ0v) is 91.8. The molecular weight excluding hydrogens is 1810 g/mol. The minimum atomic E-state index is -0.311. The summed E-state index contributed by atoms with van der Waals surface area (Å²) in [5.41, 5.74) is 11.3. The maximum Gasteiger partial charge on any atom is 0.201 e. The van der Waals surface area contributed by atoms with E-state index in [0.29, 0.717) is 68.9 Å². The molecule has 0 bridgehead atoms. The Morgan fingerprint density at radius 1 is 0.390 bits per heavy atom. The molecule has 10 aromatic heterocycles. The molecule has 0 spiro atoms. The number of carbonyl (C=O) groups is 9. The van der Waals surface area contributed by atoms with Gasteiger partial charge in [-0.1, -0.05) is 264 Å². The Balaban J connectivity index is 0.000000775. The van der Waals surface area contributed by atoms with Crippen LogP contribution in [-0.2, 0) is 131 Å². The van der Waals surface area contributed by atoms with Crippen molar-refractivity contribution in [3.63, 3.8) is 0 Å². The Morgan fingerprint density at radius 3 is 1.30 bits per heavy atom. The van der Waals surface area contributed by atoms with E-state index in [1.54, 1.807) is 91.9 Å². The van der Waals surface area contributed by atoms with Crippen molar-refractivity contribution in [2.24, 2.45) is 48.7 Å². The molecule has 11 aromatic rings. The predicted octanol–water partition coefficient (Wildman–Crippen LogP) is 23.1. The van der Waals surface area contributed by atoms with E-state index < -0.39 is 0 Å². The molecular formula is C113H164N16O10S2. The summed E-state index contributed by atoms with van der Waals surface area (Å²) in [6.45, 7) is 69.8. The quantitative estimate of drug-likeness (QED) is 0.0692. The van der Waals surface area contributed by atoms with Crippen LogP contribution in [0.5, 0.6) is 0 Å². The number of hydrogen-bond acceptors (Lipinski definition) is 27. The Morgan fingerprint density at radius 2 is 0.872 bits per heavy atom. The fraction of sp³-hybridized carbons (Fsp3) is 0.513. The third kappa shape index (κ3) is 55.3. The average molecular weight is 1970 g/mol. The normalized spacial score (nSPS) is 11.8. The third-order valence-electron chi connectivity index (χ3n) is 20.5. The van der Waals surface area contributed by atoms with Crippen LogP contribution in [0.25, 0.3) is 0 Å². The van der Waals surface area contributed by atoms with Crippen LogP contribution in [0.3, 0.4) is 0 Å². The van der Waals surface area contributed by atoms with Crippen molar-refractivity contribution >= 4 is 74.7 Å². The van der Waals surface area contributed by atoms with Gasteiger partial charge < -0.3 is 9.73 Å². The van der Waals surface area contributed by atoms with E-state index in [2.05, 4.69) is 136 Å². The first-order valence-corrected chi connectivity index (χ1v) is 49.0. The molecule has 0 amide bonds. The fourth-order valence-corrected chi connectivity index (χ4v) is 11.7. The number of hydrogen-bond donors (Lipinski definition) is 1. The first kappa shape index (κ1) is 127. The maximum atomic E-state index is 11.6. The van der Waals surface area contributed by atoms with Crippen molar-refractivity contribution in [3.05, 3.63) is 274 Å². The first-order chi connectivity index (χ1) is 64.5. The molecule has 1 aliphatic carbocycles. The number of pyridine rings is 2. The summed E-state index contributed by atoms with van der Waals surface area (Å²) in [5, 5.41) is 19.7. The highest BCUT2D eigenvalue weighted by molar-refractivity contribution is 7.09. The highest BCUT2D eigenvalue weighted by atomic mass is 32.1. The molecule has 0 aliphatic heterocycles. The Labute approximate surface area is 850 Å². The van der Waals surface area contributed by atoms with Crippen LogP contribution in [0.2, 0.25) is 0 Å². The molecule has 1 aliphatic rings. The summed E-state index contributed by atoms with van der Waals surface area (Å²) < 4.78 is 6.95. The number of allylic oxidation sites excluding steroid dienone is 1. The van der Waals surface area contributed by atoms with Gasteiger partial charge in [0.2, 0.25) is 5.89 Å². The van der Waals surface area contributed by atoms with E-state index in [4.69, 9.17) is 4.42 Å². The van der Waals surface area contributed by atoms with Crippen LogP contribution in [0.15, 0.2) is 205 Å². The van der Waals surface area contributed by atoms with Gasteiger partial charge in [0, 0.05) is 176 Å². The molecule has 1 N–H and O–H groups in total. The Kier molecular flexibility index (Phi) is 53.5. The van der Waals surface area contributed by atoms with Crippen molar-refractivity contribution in [2.45, 2.75) is 324 Å². The standard InChI is InChI=1S/C13H17N.C12H16O.C11H15NO.4C10H14N2O.C9H17N3.C9H13NO2.2C9H13NOS.CH4/c1-9-5-10-7-12(13(2,3)4)14-8-11(10)6-9;1-12(2,3)11(13)9-10-7-5-4-6-8-10;1-11(2,3)10(13)7-9-5-4-6-12-8-9;1-10(2,3)9(13)6-8-7-11-4-5-12-8;1-10(2,3)9(13)6-8-4-5-11-7-12-8;1-10(2,3)8(13)7-9-11-5-4-6-12-9;1-10(2,3)9(13)7-8-5-4-6-11-12-8;1-9(2,3)12-7-8(5-10-4)6-11-12;1-9(2,3)7(11)6-8-10-4-5-12-8;1-9(2,3)8(11)4-7-5-12-6-10-7;1-9(2,3)7(11)6-8-10-4-5-12-8;/h7-8H,1,5-6H2,2-4H3;4-8H,9H2,1-3H3;4-6,8H,7H2,1-3H3;2*4-5,7H,6H2,1-3H3;2*4-6H,7H2,1-3H3;6-7,10H,5H2,1-4H3;4-5H,6H2,1-3H3;5-6H,4H2,1-3H3;4-5H,6H2,1-3H3;1H4. The van der Waals surface area contributed by atoms with Crippen molar-refractivity contribution < 1.29 is 47.6 Å². The van der Waals surface area contributed by atoms with Crippen LogP contribution >= 0.6 is 22.7 Å². The molecule has 0 fully saturated rings. The topological polar surface area (TPSA) is 364 Å². The smallest absolute Gasteiger partial charge is 0.201 e. The number of benzene rings is 1. The van der Waals surface area contributed by atoms with Gasteiger partial charge in [-0.05, 0) is 99.3 Å². The van der Waals surface area contributed by atoms with E-state index in [9.17, 15) is 43.2 Å². The molecule has 1 aromatic carbocycles. The first-order valence-electron chi connectivity index (χ1n) is 47.2. The summed E-state index contributed by atoms with van der Waals surface area (Å²) in [7, 11) is 1.94. The van der Waals surface area contributed by atoms with Gasteiger partial charge in [0.05, 0.1) is 89.8 Å². The Hall–Kier alpha value is -11.8. The van der Waals surface area contributed by atoms with E-state index in [0.717, 1.165) is 58.3 Å². The number of aromatic nitrogens is 15. The number of oxazole rings is 1. The van der Waals surface area contributed by atoms with E-state index >= 15 is 0 Å². The van der Waals surface area contributed by atoms with E-state index in [1.165, 1.54) is 63.2 Å². The fourth-order valence-electron chi connectivity index (χ4n) is 10.5. The lowest BCUT2D eigenvalue weighted by Crippen LogP contribution is -2.22. The molecule has 10 heterocycles. The van der Waals surface area contributed by atoms with Crippen LogP contribution in [0, 0.1) is 48.7 Å². The number of nitrogens with one attached hydrogen (secondary N) is 1. The van der Waals surface area contributed by atoms with Gasteiger partial charge in [-0.2, -0.15) is 15.3 Å². The summed E-state index contributed by atoms with van der Waals surface area (Å²) >= 11 is 3.06. The van der Waals surface area contributed by atoms with Gasteiger partial charge in [0.15, 0.2) is 0 Å². The molecule has 26 nitrogen and oxygen atoms in total. The summed E-state index contributed by atoms with van der Waals surface area (Å²) in [6, 6.07) is 23.0. The lowest BCUT2D eigenvalue weighted by Gasteiger charge is -2.18. The van der Waals surface area contributed by atoms with Gasteiger partial charge in [-0.3, -0.25) is 67.8 Å². The van der Waals surface area contributed by atoms with Crippen molar-refractivity contribution in [1.29, 1.82) is 0 Å². The minimum absolute atomic E-state index is 0. The van der Waals surface area contributed by atoms with Gasteiger partial charge >= 0.3 is 0 Å². The average Bonchev–Trinajstić information content (AvgIpc) is 1.68. The molecule has 28 heteroatoms. The predicted molar refractivity (Wildman–Crippen MR) is 569 cm³/mol. The molecule has 0 radical (unpaired) electrons. The molecule has 0 saturated heterocycles. The van der Waals surface area contributed by atoms with Crippen LogP contribution in [0.4, 0.5) is 0 Å². The zero-order chi connectivity index (χ0) is 106. The number of nitrogens with zero attached hydrogens (tertiary/aromatic N) is 15. The van der Waals surface area contributed by atoms with Crippen LogP contribution in [0.1, 0.15) is 309 Å². The van der Waals surface area contributed by atoms with Gasteiger partial charge in [0.1, 0.15) is 70.5 Å². The second-order valence-corrected chi connectivity index (χ2v) is 47.0. The van der Waals surface area contributed by atoms with Gasteiger partial charge in [-0.15, -0.1) is 22.7 Å². The molecule has 12 rings (SSSR count). The van der Waals surface area contributed by atoms with Gasteiger partial charge in [-0.25, -0.2) is 34.9 Å². The third-order valence-corrected chi connectivity index (χ3v) is 21.9. The lowest BCUT2D eigenvalue weighted by atomic mass is 9.87. The molecule has 141 heavy (non-hydrogen) atoms. The highest BCUT2D eigenvalue weighted by Crippen LogP contribution is 2.30. The number of Topliss-reactive ketones (excluding diaryl/α,β-unsaturated/α-hetero) is 9. The van der Waals surface area contributed by atoms with E-state index in [-0.39, 0.29) is 120 Å². The number of rotatable bonds is 20. The number of ketones is 9. The van der Waals surface area contributed by atoms with Crippen LogP contribution in [-0.4, -0.2) is 134 Å². The highest BCUT2D eigenvalue weighted by Gasteiger charge is 2.30. The summed E-state index contributed by atoms with van der Waals surface area (Å²) in [6.07, 6.45) is 32.9. The Bertz CT molecular complexity index is 4870. The van der Waals surface area contributed by atoms with E-state index in [1.807, 2.05) is 270 Å². The molecule has 768 valence electrons. The molecule has 0 atom stereocenters. The maximum absolute atomic E-state index is 11.6.